The fourth-order valence-electron chi connectivity index (χ4n) is 6.88. The highest BCUT2D eigenvalue weighted by Crippen LogP contribution is 2.37. The van der Waals surface area contributed by atoms with E-state index >= 15 is 0 Å². The number of unbranched alkanes of at least 4 members (excludes halogenated alkanes) is 2. The molecule has 0 saturated heterocycles. The molecule has 1 amide bonds. The summed E-state index contributed by atoms with van der Waals surface area (Å²) in [6.07, 6.45) is 8.07. The van der Waals surface area contributed by atoms with Gasteiger partial charge in [-0.2, -0.15) is 0 Å². The fourth-order valence-corrected chi connectivity index (χ4v) is 11.5. The number of allylic oxidation sites excluding steroid dienone is 1. The highest BCUT2D eigenvalue weighted by atomic mass is 28.4. The minimum absolute atomic E-state index is 0.0847. The molecule has 0 aliphatic heterocycles. The lowest BCUT2D eigenvalue weighted by molar-refractivity contribution is -0.166. The van der Waals surface area contributed by atoms with Gasteiger partial charge in [0, 0.05) is 6.61 Å². The van der Waals surface area contributed by atoms with E-state index in [-0.39, 0.29) is 28.8 Å². The van der Waals surface area contributed by atoms with E-state index in [9.17, 15) is 9.59 Å². The monoisotopic (exact) mass is 684 g/mol. The number of carbonyl (C=O) groups excluding carboxylic acids is 2. The summed E-state index contributed by atoms with van der Waals surface area (Å²) in [5.74, 6) is 3.66. The zero-order valence-electron chi connectivity index (χ0n) is 31.1. The molecule has 3 aromatic carbocycles. The maximum atomic E-state index is 14.0. The first-order valence-corrected chi connectivity index (χ1v) is 19.8. The molecule has 266 valence electrons. The summed E-state index contributed by atoms with van der Waals surface area (Å²) >= 11 is 0. The number of amides is 1. The van der Waals surface area contributed by atoms with Crippen LogP contribution in [0.4, 0.5) is 0 Å². The Hall–Kier alpha value is -3.52. The molecule has 3 aromatic rings. The molecule has 0 aromatic heterocycles. The quantitative estimate of drug-likeness (QED) is 0.0375. The number of rotatable bonds is 17. The molecule has 0 radical (unpaired) electrons. The zero-order valence-corrected chi connectivity index (χ0v) is 32.1. The van der Waals surface area contributed by atoms with E-state index in [2.05, 4.69) is 113 Å². The molecule has 0 fully saturated rings. The number of hydrazine groups is 1. The molecule has 3 rings (SSSR count). The van der Waals surface area contributed by atoms with Gasteiger partial charge in [0.15, 0.2) is 0 Å². The fraction of sp³-hybridized carbons (Fsp3) is 0.476. The van der Waals surface area contributed by atoms with Gasteiger partial charge in [0.25, 0.3) is 8.32 Å². The summed E-state index contributed by atoms with van der Waals surface area (Å²) in [6.45, 7) is 17.2. The average Bonchev–Trinajstić information content (AvgIpc) is 3.05. The van der Waals surface area contributed by atoms with E-state index in [0.29, 0.717) is 13.0 Å². The predicted octanol–water partition coefficient (Wildman–Crippen LogP) is 8.06. The summed E-state index contributed by atoms with van der Waals surface area (Å²) in [6, 6.07) is 31.5. The van der Waals surface area contributed by atoms with Gasteiger partial charge in [-0.25, -0.2) is 5.84 Å². The molecule has 0 aliphatic rings. The molecule has 1 unspecified atom stereocenters. The third kappa shape index (κ3) is 11.5. The zero-order chi connectivity index (χ0) is 36.1. The molecule has 7 heteroatoms. The van der Waals surface area contributed by atoms with Gasteiger partial charge < -0.3 is 9.16 Å². The van der Waals surface area contributed by atoms with Crippen molar-refractivity contribution >= 4 is 36.6 Å². The van der Waals surface area contributed by atoms with Crippen LogP contribution in [0.15, 0.2) is 97.1 Å². The highest BCUT2D eigenvalue weighted by molar-refractivity contribution is 6.99. The van der Waals surface area contributed by atoms with Crippen LogP contribution in [-0.2, 0) is 18.8 Å². The van der Waals surface area contributed by atoms with Crippen molar-refractivity contribution < 1.29 is 18.8 Å². The summed E-state index contributed by atoms with van der Waals surface area (Å²) in [5.41, 5.74) is 2.70. The Kier molecular flexibility index (Phi) is 15.0. The van der Waals surface area contributed by atoms with Crippen molar-refractivity contribution in [3.63, 3.8) is 0 Å². The number of carbonyl (C=O) groups is 2. The van der Waals surface area contributed by atoms with Gasteiger partial charge >= 0.3 is 5.97 Å². The molecule has 3 atom stereocenters. The number of esters is 1. The molecule has 0 saturated carbocycles. The minimum Gasteiger partial charge on any atom is -0.460 e. The maximum Gasteiger partial charge on any atom is 0.310 e. The third-order valence-corrected chi connectivity index (χ3v) is 14.1. The molecular formula is C42H60N2O4Si. The molecule has 0 bridgehead atoms. The molecular weight excluding hydrogens is 625 g/mol. The van der Waals surface area contributed by atoms with E-state index in [1.165, 1.54) is 10.4 Å². The molecule has 0 aliphatic carbocycles. The van der Waals surface area contributed by atoms with Crippen LogP contribution in [0, 0.1) is 23.7 Å². The molecule has 49 heavy (non-hydrogen) atoms. The molecule has 0 spiro atoms. The number of nitrogens with one attached hydrogen (secondary N) is 1. The first kappa shape index (κ1) is 39.9. The normalized spacial score (nSPS) is 14.4. The Balaban J connectivity index is 1.87. The number of hydrogen-bond donors (Lipinski definition) is 2. The Morgan fingerprint density at radius 2 is 1.33 bits per heavy atom. The van der Waals surface area contributed by atoms with E-state index in [1.54, 1.807) is 0 Å². The second-order valence-electron chi connectivity index (χ2n) is 15.6. The van der Waals surface area contributed by atoms with Crippen molar-refractivity contribution in [2.75, 3.05) is 6.61 Å². The Bertz CT molecular complexity index is 1410. The van der Waals surface area contributed by atoms with Crippen molar-refractivity contribution in [3.05, 3.63) is 103 Å². The van der Waals surface area contributed by atoms with Crippen molar-refractivity contribution in [2.45, 2.75) is 98.1 Å². The summed E-state index contributed by atoms with van der Waals surface area (Å²) in [4.78, 5) is 27.3. The molecule has 3 N–H and O–H groups in total. The Morgan fingerprint density at radius 1 is 0.796 bits per heavy atom. The number of hydrogen-bond acceptors (Lipinski definition) is 5. The van der Waals surface area contributed by atoms with Crippen LogP contribution in [0.1, 0.15) is 93.1 Å². The standard InChI is InChI=1S/C42H60N2O4Si/c1-32(2)31-37(39(45)44-43)38(40(46)48-41(3,4)5)34(29-28-33-21-13-9-14-22-33)23-15-12-20-30-47-49(42(6,7)8,35-24-16-10-17-25-35)36-26-18-11-19-27-36/h9-11,13-14,16-19,21-22,24-29,32,34,37-38H,12,15,20,23,30-31,43H2,1-8H3,(H,44,45)/b29-28+/t34?,37-,38+/m1/s1. The second kappa shape index (κ2) is 18.5. The largest absolute Gasteiger partial charge is 0.460 e. The van der Waals surface area contributed by atoms with E-state index in [0.717, 1.165) is 31.2 Å². The number of ether oxygens (including phenoxy) is 1. The number of benzene rings is 3. The van der Waals surface area contributed by atoms with Crippen LogP contribution < -0.4 is 21.6 Å². The van der Waals surface area contributed by atoms with Gasteiger partial charge in [0.1, 0.15) is 5.60 Å². The van der Waals surface area contributed by atoms with Gasteiger partial charge in [-0.05, 0) is 72.8 Å². The highest BCUT2D eigenvalue weighted by Gasteiger charge is 2.50. The van der Waals surface area contributed by atoms with Crippen LogP contribution in [0.5, 0.6) is 0 Å². The lowest BCUT2D eigenvalue weighted by atomic mass is 9.74. The SMILES string of the molecule is CC(C)C[C@@H](C(=O)NN)[C@@H](C(=O)OC(C)(C)C)C(/C=C/c1ccccc1)CCCCCO[Si](c1ccccc1)(c1ccccc1)C(C)(C)C. The topological polar surface area (TPSA) is 90.7 Å². The van der Waals surface area contributed by atoms with Gasteiger partial charge in [0.05, 0.1) is 11.8 Å². The summed E-state index contributed by atoms with van der Waals surface area (Å²) in [7, 11) is -2.61. The maximum absolute atomic E-state index is 14.0. The van der Waals surface area contributed by atoms with Gasteiger partial charge in [0.2, 0.25) is 5.91 Å². The van der Waals surface area contributed by atoms with Crippen molar-refractivity contribution in [1.82, 2.24) is 5.43 Å². The van der Waals surface area contributed by atoms with Crippen molar-refractivity contribution in [2.24, 2.45) is 29.5 Å². The van der Waals surface area contributed by atoms with Crippen LogP contribution in [0.25, 0.3) is 6.08 Å². The van der Waals surface area contributed by atoms with Crippen LogP contribution in [0.3, 0.4) is 0 Å². The van der Waals surface area contributed by atoms with E-state index < -0.39 is 25.8 Å². The summed E-state index contributed by atoms with van der Waals surface area (Å²) < 4.78 is 13.1. The molecule has 6 nitrogen and oxygen atoms in total. The molecule has 0 heterocycles. The van der Waals surface area contributed by atoms with Crippen LogP contribution in [0.2, 0.25) is 5.04 Å². The van der Waals surface area contributed by atoms with Crippen molar-refractivity contribution in [3.8, 4) is 0 Å². The average molecular weight is 685 g/mol. The predicted molar refractivity (Wildman–Crippen MR) is 206 cm³/mol. The van der Waals surface area contributed by atoms with Gasteiger partial charge in [-0.1, -0.05) is 151 Å². The van der Waals surface area contributed by atoms with Gasteiger partial charge in [-0.15, -0.1) is 0 Å². The van der Waals surface area contributed by atoms with Gasteiger partial charge in [-0.3, -0.25) is 15.0 Å². The lowest BCUT2D eigenvalue weighted by Crippen LogP contribution is -2.66. The second-order valence-corrected chi connectivity index (χ2v) is 19.9. The number of nitrogens with two attached hydrogens (primary N) is 1. The lowest BCUT2D eigenvalue weighted by Gasteiger charge is -2.43. The minimum atomic E-state index is -2.61. The third-order valence-electron chi connectivity index (χ3n) is 9.03. The van der Waals surface area contributed by atoms with Crippen molar-refractivity contribution in [1.29, 1.82) is 0 Å². The summed E-state index contributed by atoms with van der Waals surface area (Å²) in [5, 5.41) is 2.46. The first-order valence-electron chi connectivity index (χ1n) is 17.9. The Labute approximate surface area is 297 Å². The van der Waals surface area contributed by atoms with Crippen LogP contribution in [-0.4, -0.2) is 32.4 Å². The first-order chi connectivity index (χ1) is 23.2. The Morgan fingerprint density at radius 3 is 1.80 bits per heavy atom. The van der Waals surface area contributed by atoms with E-state index in [1.807, 2.05) is 51.1 Å². The van der Waals surface area contributed by atoms with Crippen LogP contribution >= 0.6 is 0 Å². The smallest absolute Gasteiger partial charge is 0.310 e. The van der Waals surface area contributed by atoms with E-state index in [4.69, 9.17) is 15.0 Å².